The zero-order valence-electron chi connectivity index (χ0n) is 14.3. The maximum Gasteiger partial charge on any atom is 0.229 e. The monoisotopic (exact) mass is 329 g/mol. The Kier molecular flexibility index (Phi) is 4.55. The van der Waals surface area contributed by atoms with E-state index in [1.54, 1.807) is 13.0 Å². The molecule has 2 aromatic rings. The van der Waals surface area contributed by atoms with Crippen LogP contribution in [0.15, 0.2) is 22.6 Å². The van der Waals surface area contributed by atoms with Crippen LogP contribution < -0.4 is 5.32 Å². The number of nitrogens with one attached hydrogen (secondary N) is 1. The number of carbonyl (C=O) groups is 2. The van der Waals surface area contributed by atoms with E-state index in [4.69, 9.17) is 4.42 Å². The van der Waals surface area contributed by atoms with Gasteiger partial charge in [-0.05, 0) is 31.0 Å². The Morgan fingerprint density at radius 3 is 2.92 bits per heavy atom. The molecule has 1 aliphatic heterocycles. The van der Waals surface area contributed by atoms with Crippen molar-refractivity contribution in [2.75, 3.05) is 18.4 Å². The van der Waals surface area contributed by atoms with Gasteiger partial charge >= 0.3 is 0 Å². The Morgan fingerprint density at radius 2 is 2.17 bits per heavy atom. The van der Waals surface area contributed by atoms with E-state index in [1.807, 2.05) is 30.9 Å². The molecule has 1 aromatic carbocycles. The summed E-state index contributed by atoms with van der Waals surface area (Å²) in [5, 5.41) is 2.94. The van der Waals surface area contributed by atoms with Crippen LogP contribution >= 0.6 is 0 Å². The van der Waals surface area contributed by atoms with E-state index < -0.39 is 0 Å². The van der Waals surface area contributed by atoms with Crippen molar-refractivity contribution in [1.82, 2.24) is 9.88 Å². The number of oxazole rings is 1. The molecule has 24 heavy (non-hydrogen) atoms. The fourth-order valence-electron chi connectivity index (χ4n) is 3.12. The largest absolute Gasteiger partial charge is 0.441 e. The van der Waals surface area contributed by atoms with E-state index in [2.05, 4.69) is 10.3 Å². The first-order valence-electron chi connectivity index (χ1n) is 8.41. The van der Waals surface area contributed by atoms with Gasteiger partial charge in [0.15, 0.2) is 11.5 Å². The zero-order chi connectivity index (χ0) is 17.3. The van der Waals surface area contributed by atoms with Crippen LogP contribution in [0.1, 0.15) is 32.6 Å². The lowest BCUT2D eigenvalue weighted by Crippen LogP contribution is -2.45. The van der Waals surface area contributed by atoms with Gasteiger partial charge in [0.1, 0.15) is 5.52 Å². The Hall–Kier alpha value is -2.37. The molecule has 1 atom stereocenters. The second-order valence-electron chi connectivity index (χ2n) is 6.68. The molecule has 1 fully saturated rings. The number of benzene rings is 1. The number of aromatic nitrogens is 1. The number of hydrogen-bond donors (Lipinski definition) is 1. The average Bonchev–Trinajstić information content (AvgIpc) is 2.93. The Morgan fingerprint density at radius 1 is 1.38 bits per heavy atom. The second kappa shape index (κ2) is 6.63. The van der Waals surface area contributed by atoms with Gasteiger partial charge in [0.2, 0.25) is 11.8 Å². The van der Waals surface area contributed by atoms with E-state index in [0.29, 0.717) is 23.7 Å². The Balaban J connectivity index is 1.67. The van der Waals surface area contributed by atoms with Crippen molar-refractivity contribution in [2.45, 2.75) is 33.6 Å². The summed E-state index contributed by atoms with van der Waals surface area (Å²) in [4.78, 5) is 30.8. The van der Waals surface area contributed by atoms with Crippen LogP contribution in [0.5, 0.6) is 0 Å². The molecule has 0 aliphatic carbocycles. The molecule has 128 valence electrons. The van der Waals surface area contributed by atoms with Gasteiger partial charge in [-0.3, -0.25) is 9.59 Å². The molecule has 6 heteroatoms. The smallest absolute Gasteiger partial charge is 0.229 e. The molecule has 0 unspecified atom stereocenters. The van der Waals surface area contributed by atoms with Crippen LogP contribution in [-0.4, -0.2) is 34.8 Å². The molecule has 0 radical (unpaired) electrons. The van der Waals surface area contributed by atoms with Crippen molar-refractivity contribution in [1.29, 1.82) is 0 Å². The van der Waals surface area contributed by atoms with Gasteiger partial charge in [-0.1, -0.05) is 13.8 Å². The van der Waals surface area contributed by atoms with E-state index in [9.17, 15) is 9.59 Å². The summed E-state index contributed by atoms with van der Waals surface area (Å²) in [5.74, 6) is 0.465. The fraction of sp³-hybridized carbons (Fsp3) is 0.500. The number of nitrogens with zero attached hydrogens (tertiary/aromatic N) is 2. The Labute approximate surface area is 141 Å². The second-order valence-corrected chi connectivity index (χ2v) is 6.68. The number of anilines is 1. The molecule has 1 aromatic heterocycles. The summed E-state index contributed by atoms with van der Waals surface area (Å²) < 4.78 is 5.44. The number of likely N-dealkylation sites (tertiary alicyclic amines) is 1. The van der Waals surface area contributed by atoms with Crippen LogP contribution in [0.3, 0.4) is 0 Å². The van der Waals surface area contributed by atoms with Crippen molar-refractivity contribution >= 4 is 28.6 Å². The number of fused-ring (bicyclic) bond motifs is 1. The van der Waals surface area contributed by atoms with Crippen molar-refractivity contribution in [3.63, 3.8) is 0 Å². The molecule has 0 saturated carbocycles. The van der Waals surface area contributed by atoms with E-state index in [1.165, 1.54) is 0 Å². The van der Waals surface area contributed by atoms with Gasteiger partial charge in [0, 0.05) is 31.6 Å². The number of rotatable bonds is 3. The summed E-state index contributed by atoms with van der Waals surface area (Å²) in [6, 6.07) is 5.43. The maximum atomic E-state index is 12.6. The number of carbonyl (C=O) groups excluding carboxylic acids is 2. The summed E-state index contributed by atoms with van der Waals surface area (Å²) in [6.07, 6.45) is 1.66. The molecule has 0 bridgehead atoms. The van der Waals surface area contributed by atoms with Crippen molar-refractivity contribution in [2.24, 2.45) is 11.8 Å². The maximum absolute atomic E-state index is 12.6. The number of aryl methyl sites for hydroxylation is 1. The number of hydrogen-bond acceptors (Lipinski definition) is 4. The summed E-state index contributed by atoms with van der Waals surface area (Å²) in [5.41, 5.74) is 2.13. The first-order chi connectivity index (χ1) is 11.4. The summed E-state index contributed by atoms with van der Waals surface area (Å²) >= 11 is 0. The molecule has 0 spiro atoms. The highest BCUT2D eigenvalue weighted by atomic mass is 16.3. The van der Waals surface area contributed by atoms with Crippen molar-refractivity contribution < 1.29 is 14.0 Å². The van der Waals surface area contributed by atoms with Crippen LogP contribution in [0, 0.1) is 18.8 Å². The lowest BCUT2D eigenvalue weighted by molar-refractivity contribution is -0.137. The van der Waals surface area contributed by atoms with E-state index in [0.717, 1.165) is 24.9 Å². The standard InChI is InChI=1S/C18H23N3O3/c1-11(2)18(23)21-8-4-5-13(10-21)17(22)20-14-6-7-16-15(9-14)19-12(3)24-16/h6-7,9,11,13H,4-5,8,10H2,1-3H3,(H,20,22)/t13-/m1/s1. The highest BCUT2D eigenvalue weighted by Crippen LogP contribution is 2.23. The van der Waals surface area contributed by atoms with Gasteiger partial charge in [0.25, 0.3) is 0 Å². The summed E-state index contributed by atoms with van der Waals surface area (Å²) in [7, 11) is 0. The molecule has 6 nitrogen and oxygen atoms in total. The van der Waals surface area contributed by atoms with Crippen LogP contribution in [0.4, 0.5) is 5.69 Å². The van der Waals surface area contributed by atoms with Gasteiger partial charge < -0.3 is 14.6 Å². The number of amides is 2. The fourth-order valence-corrected chi connectivity index (χ4v) is 3.12. The highest BCUT2D eigenvalue weighted by molar-refractivity contribution is 5.94. The predicted molar refractivity (Wildman–Crippen MR) is 91.5 cm³/mol. The van der Waals surface area contributed by atoms with Gasteiger partial charge in [0.05, 0.1) is 5.92 Å². The van der Waals surface area contributed by atoms with Gasteiger partial charge in [-0.25, -0.2) is 4.98 Å². The summed E-state index contributed by atoms with van der Waals surface area (Å²) in [6.45, 7) is 6.81. The molecule has 1 aliphatic rings. The molecule has 2 amide bonds. The minimum absolute atomic E-state index is 0.0374. The van der Waals surface area contributed by atoms with E-state index in [-0.39, 0.29) is 23.7 Å². The molecular formula is C18H23N3O3. The topological polar surface area (TPSA) is 75.4 Å². The van der Waals surface area contributed by atoms with Crippen LogP contribution in [0.25, 0.3) is 11.1 Å². The third kappa shape index (κ3) is 3.42. The van der Waals surface area contributed by atoms with Crippen molar-refractivity contribution in [3.8, 4) is 0 Å². The molecule has 1 N–H and O–H groups in total. The SMILES string of the molecule is Cc1nc2cc(NC(=O)[C@@H]3CCCN(C(=O)C(C)C)C3)ccc2o1. The minimum atomic E-state index is -0.170. The third-order valence-corrected chi connectivity index (χ3v) is 4.36. The molecule has 3 rings (SSSR count). The lowest BCUT2D eigenvalue weighted by atomic mass is 9.96. The molecule has 1 saturated heterocycles. The third-order valence-electron chi connectivity index (χ3n) is 4.36. The first-order valence-corrected chi connectivity index (χ1v) is 8.41. The predicted octanol–water partition coefficient (Wildman–Crippen LogP) is 2.97. The van der Waals surface area contributed by atoms with Crippen LogP contribution in [0.2, 0.25) is 0 Å². The molecular weight excluding hydrogens is 306 g/mol. The van der Waals surface area contributed by atoms with Crippen LogP contribution in [-0.2, 0) is 9.59 Å². The normalized spacial score (nSPS) is 18.2. The zero-order valence-corrected chi connectivity index (χ0v) is 14.3. The Bertz CT molecular complexity index is 766. The lowest BCUT2D eigenvalue weighted by Gasteiger charge is -2.33. The van der Waals surface area contributed by atoms with Crippen molar-refractivity contribution in [3.05, 3.63) is 24.1 Å². The van der Waals surface area contributed by atoms with Gasteiger partial charge in [-0.2, -0.15) is 0 Å². The van der Waals surface area contributed by atoms with Gasteiger partial charge in [-0.15, -0.1) is 0 Å². The molecule has 2 heterocycles. The average molecular weight is 329 g/mol. The first kappa shape index (κ1) is 16.5. The minimum Gasteiger partial charge on any atom is -0.441 e. The highest BCUT2D eigenvalue weighted by Gasteiger charge is 2.29. The quantitative estimate of drug-likeness (QED) is 0.939. The number of piperidine rings is 1. The van der Waals surface area contributed by atoms with E-state index >= 15 is 0 Å².